The van der Waals surface area contributed by atoms with Crippen LogP contribution in [0, 0.1) is 5.41 Å². The van der Waals surface area contributed by atoms with Crippen LogP contribution in [0.1, 0.15) is 42.1 Å². The number of ether oxygens (including phenoxy) is 9. The van der Waals surface area contributed by atoms with Crippen molar-refractivity contribution >= 4 is 29.5 Å². The molecule has 0 saturated carbocycles. The van der Waals surface area contributed by atoms with Gasteiger partial charge in [0, 0.05) is 46.1 Å². The largest absolute Gasteiger partial charge is 0.494 e. The van der Waals surface area contributed by atoms with Crippen LogP contribution in [-0.2, 0) is 47.5 Å². The highest BCUT2D eigenvalue weighted by atomic mass is 16.7. The minimum Gasteiger partial charge on any atom is -0.494 e. The summed E-state index contributed by atoms with van der Waals surface area (Å²) in [6, 6.07) is 8.23. The summed E-state index contributed by atoms with van der Waals surface area (Å²) in [5.41, 5.74) is 12.3. The number of hydrogen-bond donors (Lipinski definition) is 12. The molecular weight excluding hydrogens is 904 g/mol. The molecule has 3 aliphatic heterocycles. The van der Waals surface area contributed by atoms with E-state index in [4.69, 9.17) is 59.5 Å². The van der Waals surface area contributed by atoms with E-state index in [1.165, 1.54) is 38.5 Å². The Kier molecular flexibility index (Phi) is 20.3. The zero-order chi connectivity index (χ0) is 49.7. The maximum absolute atomic E-state index is 13.5. The highest BCUT2D eigenvalue weighted by Gasteiger charge is 2.54. The number of aliphatic hydroxyl groups excluding tert-OH is 6. The zero-order valence-electron chi connectivity index (χ0n) is 37.6. The van der Waals surface area contributed by atoms with Crippen LogP contribution in [0.5, 0.6) is 11.5 Å². The maximum atomic E-state index is 13.5. The average Bonchev–Trinajstić information content (AvgIpc) is 3.32. The van der Waals surface area contributed by atoms with Gasteiger partial charge in [-0.15, -0.1) is 0 Å². The number of benzene rings is 2. The van der Waals surface area contributed by atoms with Crippen molar-refractivity contribution < 1.29 is 92.4 Å². The van der Waals surface area contributed by atoms with Crippen LogP contribution in [0.15, 0.2) is 48.5 Å². The fraction of sp³-hybridized carbons (Fsp3) is 0.605. The molecule has 5 rings (SSSR count). The molecule has 0 aromatic heterocycles. The molecule has 15 atom stereocenters. The van der Waals surface area contributed by atoms with Gasteiger partial charge >= 0.3 is 5.97 Å². The Hall–Kier alpha value is -4.97. The smallest absolute Gasteiger partial charge is 0.343 e. The van der Waals surface area contributed by atoms with Gasteiger partial charge in [0.25, 0.3) is 0 Å². The first-order valence-electron chi connectivity index (χ1n) is 21.7. The van der Waals surface area contributed by atoms with Crippen molar-refractivity contribution in [2.75, 3.05) is 47.2 Å². The number of nitrogens with two attached hydrogens (primary N) is 2. The number of nitrogen functional groups attached to an aromatic ring is 1. The predicted octanol–water partition coefficient (Wildman–Crippen LogP) is -4.16. The molecule has 0 bridgehead atoms. The first kappa shape index (κ1) is 54.0. The minimum atomic E-state index is -1.85. The van der Waals surface area contributed by atoms with Crippen molar-refractivity contribution in [3.05, 3.63) is 59.7 Å². The predicted molar refractivity (Wildman–Crippen MR) is 232 cm³/mol. The van der Waals surface area contributed by atoms with Crippen LogP contribution in [0.4, 0.5) is 0 Å². The summed E-state index contributed by atoms with van der Waals surface area (Å²) in [4.78, 5) is 51.0. The van der Waals surface area contributed by atoms with Crippen molar-refractivity contribution in [2.24, 2.45) is 11.5 Å². The Morgan fingerprint density at radius 2 is 1.18 bits per heavy atom. The Bertz CT molecular complexity index is 1970. The molecule has 25 heteroatoms. The van der Waals surface area contributed by atoms with Gasteiger partial charge in [0.2, 0.25) is 17.7 Å². The van der Waals surface area contributed by atoms with Gasteiger partial charge < -0.3 is 101 Å². The first-order chi connectivity index (χ1) is 32.5. The molecule has 0 aliphatic carbocycles. The number of nitrogens with one attached hydrogen (secondary N) is 4. The highest BCUT2D eigenvalue weighted by molar-refractivity contribution is 5.95. The molecule has 3 heterocycles. The molecule has 3 saturated heterocycles. The highest BCUT2D eigenvalue weighted by Crippen LogP contribution is 2.33. The number of rotatable bonds is 22. The van der Waals surface area contributed by atoms with Crippen molar-refractivity contribution in [3.8, 4) is 11.5 Å². The SMILES string of the molecule is CO[C@@H]1OC(CO)[C@@H](O[C@@H]2OC(CO)[C@@H](O[C@@H]3OC(CO)[C@@H](OC)[C@H](O)C3NC(C)=O)[C@H](O)C2NC(=O)CCC(=O)NCCCOc2ccc(C(=O)Oc3ccc(C(=N)N)cc3)cc2)[C@H](O)C1N. The van der Waals surface area contributed by atoms with Gasteiger partial charge in [-0.05, 0) is 55.0 Å². The topological polar surface area (TPSA) is 385 Å². The lowest BCUT2D eigenvalue weighted by molar-refractivity contribution is -0.352. The van der Waals surface area contributed by atoms with Gasteiger partial charge in [-0.25, -0.2) is 4.79 Å². The summed E-state index contributed by atoms with van der Waals surface area (Å²) in [6.07, 6.45) is -17.9. The van der Waals surface area contributed by atoms with E-state index in [9.17, 15) is 49.8 Å². The van der Waals surface area contributed by atoms with E-state index in [1.54, 1.807) is 24.3 Å². The average molecular weight is 967 g/mol. The van der Waals surface area contributed by atoms with Crippen LogP contribution >= 0.6 is 0 Å². The molecule has 0 radical (unpaired) electrons. The normalized spacial score (nSPS) is 31.5. The Morgan fingerprint density at radius 3 is 1.72 bits per heavy atom. The van der Waals surface area contributed by atoms with Crippen molar-refractivity contribution in [1.29, 1.82) is 5.41 Å². The number of amides is 3. The second-order valence-electron chi connectivity index (χ2n) is 16.1. The number of amidine groups is 1. The molecule has 6 unspecified atom stereocenters. The van der Waals surface area contributed by atoms with Crippen LogP contribution in [-0.4, -0.2) is 199 Å². The molecule has 3 amide bonds. The molecule has 68 heavy (non-hydrogen) atoms. The van der Waals surface area contributed by atoms with Crippen LogP contribution < -0.4 is 36.9 Å². The van der Waals surface area contributed by atoms with Gasteiger partial charge in [0.05, 0.1) is 38.0 Å². The summed E-state index contributed by atoms with van der Waals surface area (Å²) in [5.74, 6) is -1.89. The molecule has 378 valence electrons. The zero-order valence-corrected chi connectivity index (χ0v) is 37.6. The second-order valence-corrected chi connectivity index (χ2v) is 16.1. The lowest BCUT2D eigenvalue weighted by atomic mass is 9.93. The van der Waals surface area contributed by atoms with Gasteiger partial charge in [-0.1, -0.05) is 0 Å². The van der Waals surface area contributed by atoms with Crippen molar-refractivity contribution in [3.63, 3.8) is 0 Å². The molecule has 2 aromatic carbocycles. The molecule has 25 nitrogen and oxygen atoms in total. The van der Waals surface area contributed by atoms with E-state index in [0.29, 0.717) is 17.7 Å². The Labute approximate surface area is 390 Å². The monoisotopic (exact) mass is 966 g/mol. The van der Waals surface area contributed by atoms with Crippen LogP contribution in [0.2, 0.25) is 0 Å². The number of carbonyl (C=O) groups excluding carboxylic acids is 4. The minimum absolute atomic E-state index is 0.114. The third-order valence-electron chi connectivity index (χ3n) is 11.3. The van der Waals surface area contributed by atoms with E-state index < -0.39 is 142 Å². The fourth-order valence-corrected chi connectivity index (χ4v) is 7.76. The fourth-order valence-electron chi connectivity index (χ4n) is 7.76. The Balaban J connectivity index is 1.19. The van der Waals surface area contributed by atoms with E-state index in [0.717, 1.165) is 6.92 Å². The third kappa shape index (κ3) is 13.8. The summed E-state index contributed by atoms with van der Waals surface area (Å²) in [7, 11) is 2.53. The van der Waals surface area contributed by atoms with E-state index in [2.05, 4.69) is 16.0 Å². The Morgan fingerprint density at radius 1 is 0.676 bits per heavy atom. The summed E-state index contributed by atoms with van der Waals surface area (Å²) >= 11 is 0. The van der Waals surface area contributed by atoms with Crippen LogP contribution in [0.25, 0.3) is 0 Å². The standard InChI is InChI=1S/C43H62N6O19/c1-20(53)48-31-34(57)36(60-2)25(17-50)65-42(31)68-38-27(19-52)66-43(67-37-26(18-51)64-41(61-3)30(44)33(37)56)32(35(38)58)49-29(55)14-13-28(54)47-15-4-16-62-23-9-7-22(8-10-23)40(59)63-24-11-5-21(6-12-24)39(45)46/h5-12,25-27,30-38,41-43,50-52,56-58H,4,13-19,44H2,1-3H3,(H3,45,46)(H,47,54)(H,48,53)(H,49,55)/t25?,26?,27?,30?,31?,32?,33-,34-,35-,36-,37-,38-,41-,42+,43+/m1/s1. The van der Waals surface area contributed by atoms with Crippen molar-refractivity contribution in [1.82, 2.24) is 16.0 Å². The molecule has 0 spiro atoms. The molecule has 3 aliphatic rings. The molecular formula is C43H62N6O19. The third-order valence-corrected chi connectivity index (χ3v) is 11.3. The van der Waals surface area contributed by atoms with Gasteiger partial charge in [0.1, 0.15) is 84.4 Å². The van der Waals surface area contributed by atoms with Gasteiger partial charge in [-0.3, -0.25) is 19.8 Å². The molecule has 3 fully saturated rings. The van der Waals surface area contributed by atoms with E-state index in [1.807, 2.05) is 0 Å². The summed E-state index contributed by atoms with van der Waals surface area (Å²) < 4.78 is 51.2. The van der Waals surface area contributed by atoms with E-state index in [-0.39, 0.29) is 36.7 Å². The number of hydrogen-bond acceptors (Lipinski definition) is 21. The molecule has 2 aromatic rings. The summed E-state index contributed by atoms with van der Waals surface area (Å²) in [6.45, 7) is -0.690. The van der Waals surface area contributed by atoms with Gasteiger partial charge in [-0.2, -0.15) is 0 Å². The number of carbonyl (C=O) groups is 4. The van der Waals surface area contributed by atoms with Crippen molar-refractivity contribution in [2.45, 2.75) is 118 Å². The number of esters is 1. The second kappa shape index (κ2) is 25.6. The summed E-state index contributed by atoms with van der Waals surface area (Å²) in [5, 5.41) is 80.1. The maximum Gasteiger partial charge on any atom is 0.343 e. The number of aliphatic hydroxyl groups is 6. The van der Waals surface area contributed by atoms with Gasteiger partial charge in [0.15, 0.2) is 18.9 Å². The quantitative estimate of drug-likeness (QED) is 0.0175. The number of methoxy groups -OCH3 is 2. The lowest BCUT2D eigenvalue weighted by Gasteiger charge is -2.50. The van der Waals surface area contributed by atoms with E-state index >= 15 is 0 Å². The first-order valence-corrected chi connectivity index (χ1v) is 21.7. The van der Waals surface area contributed by atoms with Crippen LogP contribution in [0.3, 0.4) is 0 Å². The molecule has 14 N–H and O–H groups in total. The lowest BCUT2D eigenvalue weighted by Crippen LogP contribution is -2.70.